The minimum Gasteiger partial charge on any atom is -0.496 e. The summed E-state index contributed by atoms with van der Waals surface area (Å²) in [5, 5.41) is 0. The lowest BCUT2D eigenvalue weighted by molar-refractivity contribution is 0.0184. The van der Waals surface area contributed by atoms with Crippen LogP contribution in [-0.2, 0) is 15.9 Å². The SMILES string of the molecule is COC(=O)c1ccc(CC2CCN(C(=O)OC(C)(C)C)CC2)cc1OC. The van der Waals surface area contributed by atoms with Gasteiger partial charge in [0, 0.05) is 13.1 Å². The Labute approximate surface area is 155 Å². The van der Waals surface area contributed by atoms with Crippen LogP contribution < -0.4 is 4.74 Å². The molecule has 0 aliphatic carbocycles. The molecular formula is C20H29NO5. The largest absolute Gasteiger partial charge is 0.496 e. The van der Waals surface area contributed by atoms with Crippen molar-refractivity contribution >= 4 is 12.1 Å². The third-order valence-electron chi connectivity index (χ3n) is 4.46. The molecule has 0 spiro atoms. The van der Waals surface area contributed by atoms with Gasteiger partial charge in [0.2, 0.25) is 0 Å². The van der Waals surface area contributed by atoms with E-state index in [0.717, 1.165) is 24.8 Å². The molecule has 2 rings (SSSR count). The maximum absolute atomic E-state index is 12.1. The van der Waals surface area contributed by atoms with Crippen molar-refractivity contribution in [3.05, 3.63) is 29.3 Å². The van der Waals surface area contributed by atoms with E-state index in [-0.39, 0.29) is 6.09 Å². The second-order valence-electron chi connectivity index (χ2n) is 7.64. The van der Waals surface area contributed by atoms with Crippen LogP contribution in [0.3, 0.4) is 0 Å². The second kappa shape index (κ2) is 8.43. The van der Waals surface area contributed by atoms with E-state index >= 15 is 0 Å². The van der Waals surface area contributed by atoms with Gasteiger partial charge < -0.3 is 19.1 Å². The molecular weight excluding hydrogens is 334 g/mol. The third-order valence-corrected chi connectivity index (χ3v) is 4.46. The van der Waals surface area contributed by atoms with Gasteiger partial charge in [-0.25, -0.2) is 9.59 Å². The number of likely N-dealkylation sites (tertiary alicyclic amines) is 1. The highest BCUT2D eigenvalue weighted by molar-refractivity contribution is 5.92. The quantitative estimate of drug-likeness (QED) is 0.764. The maximum Gasteiger partial charge on any atom is 0.410 e. The minimum absolute atomic E-state index is 0.236. The molecule has 1 saturated heterocycles. The zero-order chi connectivity index (χ0) is 19.3. The van der Waals surface area contributed by atoms with Gasteiger partial charge in [-0.15, -0.1) is 0 Å². The number of esters is 1. The van der Waals surface area contributed by atoms with Gasteiger partial charge in [0.1, 0.15) is 16.9 Å². The van der Waals surface area contributed by atoms with E-state index in [1.54, 1.807) is 18.1 Å². The Morgan fingerprint density at radius 1 is 1.15 bits per heavy atom. The molecule has 0 radical (unpaired) electrons. The summed E-state index contributed by atoms with van der Waals surface area (Å²) in [6.45, 7) is 7.04. The predicted molar refractivity (Wildman–Crippen MR) is 98.6 cm³/mol. The number of methoxy groups -OCH3 is 2. The van der Waals surface area contributed by atoms with E-state index in [1.165, 1.54) is 7.11 Å². The smallest absolute Gasteiger partial charge is 0.410 e. The molecule has 0 bridgehead atoms. The first-order valence-electron chi connectivity index (χ1n) is 8.96. The summed E-state index contributed by atoms with van der Waals surface area (Å²) < 4.78 is 15.5. The summed E-state index contributed by atoms with van der Waals surface area (Å²) in [5.74, 6) is 0.613. The second-order valence-corrected chi connectivity index (χ2v) is 7.64. The summed E-state index contributed by atoms with van der Waals surface area (Å²) in [7, 11) is 2.90. The normalized spacial score (nSPS) is 15.5. The van der Waals surface area contributed by atoms with E-state index < -0.39 is 11.6 Å². The highest BCUT2D eigenvalue weighted by Gasteiger charge is 2.27. The molecule has 0 N–H and O–H groups in total. The first kappa shape index (κ1) is 20.1. The lowest BCUT2D eigenvalue weighted by atomic mass is 9.90. The Morgan fingerprint density at radius 2 is 1.81 bits per heavy atom. The standard InChI is InChI=1S/C20H29NO5/c1-20(2,3)26-19(23)21-10-8-14(9-11-21)12-15-6-7-16(18(22)25-5)17(13-15)24-4/h6-7,13-14H,8-12H2,1-5H3. The summed E-state index contributed by atoms with van der Waals surface area (Å²) in [4.78, 5) is 25.7. The van der Waals surface area contributed by atoms with E-state index in [1.807, 2.05) is 32.9 Å². The number of nitrogens with zero attached hydrogens (tertiary/aromatic N) is 1. The van der Waals surface area contributed by atoms with Crippen molar-refractivity contribution in [1.82, 2.24) is 4.90 Å². The highest BCUT2D eigenvalue weighted by Crippen LogP contribution is 2.27. The molecule has 1 aromatic carbocycles. The lowest BCUT2D eigenvalue weighted by Crippen LogP contribution is -2.42. The van der Waals surface area contributed by atoms with Crippen molar-refractivity contribution in [2.24, 2.45) is 5.92 Å². The molecule has 1 fully saturated rings. The number of carbonyl (C=O) groups is 2. The van der Waals surface area contributed by atoms with Crippen LogP contribution >= 0.6 is 0 Å². The zero-order valence-corrected chi connectivity index (χ0v) is 16.3. The van der Waals surface area contributed by atoms with Gasteiger partial charge >= 0.3 is 12.1 Å². The van der Waals surface area contributed by atoms with E-state index in [4.69, 9.17) is 14.2 Å². The number of piperidine rings is 1. The van der Waals surface area contributed by atoms with E-state index in [9.17, 15) is 9.59 Å². The summed E-state index contributed by atoms with van der Waals surface area (Å²) >= 11 is 0. The first-order valence-corrected chi connectivity index (χ1v) is 8.96. The summed E-state index contributed by atoms with van der Waals surface area (Å²) in [6, 6.07) is 5.58. The van der Waals surface area contributed by atoms with Crippen molar-refractivity contribution in [1.29, 1.82) is 0 Å². The van der Waals surface area contributed by atoms with E-state index in [0.29, 0.717) is 30.3 Å². The molecule has 1 aliphatic heterocycles. The Hall–Kier alpha value is -2.24. The maximum atomic E-state index is 12.1. The van der Waals surface area contributed by atoms with Gasteiger partial charge in [0.15, 0.2) is 0 Å². The number of hydrogen-bond donors (Lipinski definition) is 0. The number of hydrogen-bond acceptors (Lipinski definition) is 5. The molecule has 26 heavy (non-hydrogen) atoms. The van der Waals surface area contributed by atoms with Crippen LogP contribution in [0.25, 0.3) is 0 Å². The lowest BCUT2D eigenvalue weighted by Gasteiger charge is -2.33. The first-order chi connectivity index (χ1) is 12.2. The number of carbonyl (C=O) groups excluding carboxylic acids is 2. The van der Waals surface area contributed by atoms with Crippen LogP contribution in [0.5, 0.6) is 5.75 Å². The van der Waals surface area contributed by atoms with Crippen molar-refractivity contribution in [3.63, 3.8) is 0 Å². The average Bonchev–Trinajstić information content (AvgIpc) is 2.60. The molecule has 0 saturated carbocycles. The Bertz CT molecular complexity index is 642. The van der Waals surface area contributed by atoms with Gasteiger partial charge in [0.25, 0.3) is 0 Å². The van der Waals surface area contributed by atoms with Crippen molar-refractivity contribution in [2.75, 3.05) is 27.3 Å². The van der Waals surface area contributed by atoms with Gasteiger partial charge in [-0.3, -0.25) is 0 Å². The summed E-state index contributed by atoms with van der Waals surface area (Å²) in [5.41, 5.74) is 1.08. The van der Waals surface area contributed by atoms with Crippen LogP contribution in [0.4, 0.5) is 4.79 Å². The van der Waals surface area contributed by atoms with Crippen LogP contribution in [0.2, 0.25) is 0 Å². The molecule has 1 heterocycles. The van der Waals surface area contributed by atoms with Gasteiger partial charge in [0.05, 0.1) is 14.2 Å². The molecule has 0 unspecified atom stereocenters. The number of ether oxygens (including phenoxy) is 3. The van der Waals surface area contributed by atoms with Crippen LogP contribution in [0.15, 0.2) is 18.2 Å². The number of amides is 1. The Balaban J connectivity index is 1.93. The molecule has 1 aromatic rings. The Morgan fingerprint density at radius 3 is 2.35 bits per heavy atom. The molecule has 0 aromatic heterocycles. The summed E-state index contributed by atoms with van der Waals surface area (Å²) in [6.07, 6.45) is 2.51. The van der Waals surface area contributed by atoms with E-state index in [2.05, 4.69) is 0 Å². The van der Waals surface area contributed by atoms with Gasteiger partial charge in [-0.05, 0) is 63.6 Å². The van der Waals surface area contributed by atoms with Crippen molar-refractivity contribution in [2.45, 2.75) is 45.6 Å². The van der Waals surface area contributed by atoms with Gasteiger partial charge in [-0.2, -0.15) is 0 Å². The fourth-order valence-corrected chi connectivity index (χ4v) is 3.12. The number of benzene rings is 1. The Kier molecular flexibility index (Phi) is 6.51. The molecule has 144 valence electrons. The molecule has 6 heteroatoms. The van der Waals surface area contributed by atoms with Crippen LogP contribution in [0, 0.1) is 5.92 Å². The van der Waals surface area contributed by atoms with Crippen LogP contribution in [-0.4, -0.2) is 49.9 Å². The monoisotopic (exact) mass is 363 g/mol. The zero-order valence-electron chi connectivity index (χ0n) is 16.3. The van der Waals surface area contributed by atoms with Crippen molar-refractivity contribution in [3.8, 4) is 5.75 Å². The molecule has 1 amide bonds. The highest BCUT2D eigenvalue weighted by atomic mass is 16.6. The topological polar surface area (TPSA) is 65.1 Å². The predicted octanol–water partition coefficient (Wildman–Crippen LogP) is 3.67. The number of rotatable bonds is 4. The molecule has 0 atom stereocenters. The molecule has 1 aliphatic rings. The third kappa shape index (κ3) is 5.38. The van der Waals surface area contributed by atoms with Gasteiger partial charge in [-0.1, -0.05) is 6.07 Å². The average molecular weight is 363 g/mol. The molecule has 6 nitrogen and oxygen atoms in total. The minimum atomic E-state index is -0.466. The van der Waals surface area contributed by atoms with Crippen LogP contribution in [0.1, 0.15) is 49.5 Å². The fourth-order valence-electron chi connectivity index (χ4n) is 3.12. The van der Waals surface area contributed by atoms with Crippen molar-refractivity contribution < 1.29 is 23.8 Å². The fraction of sp³-hybridized carbons (Fsp3) is 0.600.